The average Bonchev–Trinajstić information content (AvgIpc) is 3.36. The molecule has 4 aromatic rings. The quantitative estimate of drug-likeness (QED) is 0.495. The first kappa shape index (κ1) is 18.5. The van der Waals surface area contributed by atoms with Crippen LogP contribution in [0.2, 0.25) is 0 Å². The number of benzene rings is 2. The summed E-state index contributed by atoms with van der Waals surface area (Å²) in [6.07, 6.45) is 0. The third kappa shape index (κ3) is 2.80. The lowest BCUT2D eigenvalue weighted by atomic mass is 9.98. The van der Waals surface area contributed by atoms with E-state index in [1.54, 1.807) is 17.6 Å². The Morgan fingerprint density at radius 2 is 2.07 bits per heavy atom. The van der Waals surface area contributed by atoms with Crippen LogP contribution in [-0.2, 0) is 0 Å². The summed E-state index contributed by atoms with van der Waals surface area (Å²) < 4.78 is 11.6. The molecule has 30 heavy (non-hydrogen) atoms. The summed E-state index contributed by atoms with van der Waals surface area (Å²) in [4.78, 5) is 28.4. The second-order valence-electron chi connectivity index (χ2n) is 6.98. The van der Waals surface area contributed by atoms with Gasteiger partial charge in [-0.15, -0.1) is 10.2 Å². The van der Waals surface area contributed by atoms with Crippen LogP contribution in [0.4, 0.5) is 5.13 Å². The van der Waals surface area contributed by atoms with E-state index >= 15 is 0 Å². The number of aryl methyl sites for hydroxylation is 1. The lowest BCUT2D eigenvalue weighted by Crippen LogP contribution is -2.29. The van der Waals surface area contributed by atoms with Gasteiger partial charge in [0, 0.05) is 0 Å². The fourth-order valence-electron chi connectivity index (χ4n) is 3.81. The first-order valence-corrected chi connectivity index (χ1v) is 10.4. The maximum absolute atomic E-state index is 13.5. The molecule has 3 heterocycles. The van der Waals surface area contributed by atoms with Crippen molar-refractivity contribution in [3.63, 3.8) is 0 Å². The first-order chi connectivity index (χ1) is 14.6. The summed E-state index contributed by atoms with van der Waals surface area (Å²) in [5, 5.41) is 8.80. The number of rotatable bonds is 4. The normalized spacial score (nSPS) is 15.6. The van der Waals surface area contributed by atoms with E-state index in [2.05, 4.69) is 10.2 Å². The van der Waals surface area contributed by atoms with Crippen molar-refractivity contribution >= 4 is 33.3 Å². The monoisotopic (exact) mass is 419 g/mol. The number of ether oxygens (including phenoxy) is 1. The van der Waals surface area contributed by atoms with Crippen molar-refractivity contribution in [2.75, 3.05) is 11.5 Å². The van der Waals surface area contributed by atoms with Crippen molar-refractivity contribution in [2.45, 2.75) is 19.9 Å². The molecule has 2 aromatic heterocycles. The number of hydrogen-bond acceptors (Lipinski definition) is 7. The van der Waals surface area contributed by atoms with Gasteiger partial charge in [-0.2, -0.15) is 0 Å². The van der Waals surface area contributed by atoms with Crippen molar-refractivity contribution in [2.24, 2.45) is 0 Å². The molecule has 0 bridgehead atoms. The van der Waals surface area contributed by atoms with Crippen LogP contribution in [0.5, 0.6) is 5.75 Å². The Bertz CT molecular complexity index is 1330. The van der Waals surface area contributed by atoms with Crippen LogP contribution in [0.15, 0.2) is 57.2 Å². The van der Waals surface area contributed by atoms with Crippen LogP contribution in [-0.4, -0.2) is 22.7 Å². The van der Waals surface area contributed by atoms with Crippen LogP contribution in [0, 0.1) is 6.92 Å². The maximum atomic E-state index is 13.5. The molecule has 1 unspecified atom stereocenters. The van der Waals surface area contributed by atoms with E-state index < -0.39 is 11.9 Å². The van der Waals surface area contributed by atoms with Gasteiger partial charge in [-0.25, -0.2) is 0 Å². The van der Waals surface area contributed by atoms with Crippen molar-refractivity contribution in [3.8, 4) is 5.75 Å². The van der Waals surface area contributed by atoms with Gasteiger partial charge in [-0.05, 0) is 43.7 Å². The Morgan fingerprint density at radius 3 is 2.83 bits per heavy atom. The number of carbonyl (C=O) groups is 1. The van der Waals surface area contributed by atoms with Crippen LogP contribution in [0.3, 0.4) is 0 Å². The molecule has 0 saturated carbocycles. The van der Waals surface area contributed by atoms with Crippen molar-refractivity contribution in [1.29, 1.82) is 0 Å². The van der Waals surface area contributed by atoms with Gasteiger partial charge in [0.1, 0.15) is 16.8 Å². The van der Waals surface area contributed by atoms with E-state index in [0.717, 1.165) is 11.1 Å². The minimum Gasteiger partial charge on any atom is -0.494 e. The standard InChI is InChI=1S/C22H17N3O4S/c1-3-28-14-6-4-5-13(10-14)18-17-19(26)15-9-12(2)7-8-16(15)29-20(17)21(27)25(18)22-24-23-11-30-22/h4-11,18H,3H2,1-2H3. The summed E-state index contributed by atoms with van der Waals surface area (Å²) in [7, 11) is 0. The molecule has 7 nitrogen and oxygen atoms in total. The molecular weight excluding hydrogens is 402 g/mol. The molecule has 0 saturated heterocycles. The van der Waals surface area contributed by atoms with Crippen LogP contribution < -0.4 is 15.1 Å². The molecule has 1 amide bonds. The van der Waals surface area contributed by atoms with E-state index in [-0.39, 0.29) is 11.2 Å². The van der Waals surface area contributed by atoms with Gasteiger partial charge in [0.05, 0.1) is 23.6 Å². The summed E-state index contributed by atoms with van der Waals surface area (Å²) in [6, 6.07) is 12.1. The number of carbonyl (C=O) groups excluding carboxylic acids is 1. The van der Waals surface area contributed by atoms with Crippen LogP contribution in [0.1, 0.15) is 40.2 Å². The molecule has 0 N–H and O–H groups in total. The van der Waals surface area contributed by atoms with E-state index in [1.165, 1.54) is 16.2 Å². The highest BCUT2D eigenvalue weighted by Gasteiger charge is 2.45. The highest BCUT2D eigenvalue weighted by atomic mass is 32.1. The van der Waals surface area contributed by atoms with Gasteiger partial charge >= 0.3 is 0 Å². The molecule has 150 valence electrons. The molecule has 0 radical (unpaired) electrons. The molecule has 0 spiro atoms. The largest absolute Gasteiger partial charge is 0.494 e. The summed E-state index contributed by atoms with van der Waals surface area (Å²) in [6.45, 7) is 4.32. The predicted octanol–water partition coefficient (Wildman–Crippen LogP) is 4.10. The second-order valence-corrected chi connectivity index (χ2v) is 7.79. The topological polar surface area (TPSA) is 85.5 Å². The number of anilines is 1. The molecule has 5 rings (SSSR count). The number of fused-ring (bicyclic) bond motifs is 2. The average molecular weight is 419 g/mol. The van der Waals surface area contributed by atoms with Gasteiger partial charge in [0.2, 0.25) is 10.9 Å². The number of hydrogen-bond donors (Lipinski definition) is 0. The fraction of sp³-hybridized carbons (Fsp3) is 0.182. The minimum absolute atomic E-state index is 0.0402. The Labute approximate surface area is 175 Å². The summed E-state index contributed by atoms with van der Waals surface area (Å²) in [5.41, 5.74) is 3.70. The van der Waals surface area contributed by atoms with Crippen molar-refractivity contribution < 1.29 is 13.9 Å². The van der Waals surface area contributed by atoms with Crippen LogP contribution >= 0.6 is 11.3 Å². The third-order valence-electron chi connectivity index (χ3n) is 5.07. The molecule has 8 heteroatoms. The van der Waals surface area contributed by atoms with Crippen molar-refractivity contribution in [3.05, 3.63) is 80.6 Å². The maximum Gasteiger partial charge on any atom is 0.297 e. The smallest absolute Gasteiger partial charge is 0.297 e. The van der Waals surface area contributed by atoms with Crippen molar-refractivity contribution in [1.82, 2.24) is 10.2 Å². The van der Waals surface area contributed by atoms with E-state index in [9.17, 15) is 9.59 Å². The Kier molecular flexibility index (Phi) is 4.36. The second kappa shape index (κ2) is 7.07. The SMILES string of the molecule is CCOc1cccc(C2c3c(oc4ccc(C)cc4c3=O)C(=O)N2c2nncs2)c1. The highest BCUT2D eigenvalue weighted by molar-refractivity contribution is 7.13. The van der Waals surface area contributed by atoms with Crippen LogP contribution in [0.25, 0.3) is 11.0 Å². The van der Waals surface area contributed by atoms with E-state index in [1.807, 2.05) is 44.2 Å². The number of nitrogens with zero attached hydrogens (tertiary/aromatic N) is 3. The minimum atomic E-state index is -0.679. The predicted molar refractivity (Wildman–Crippen MR) is 113 cm³/mol. The molecule has 1 aliphatic heterocycles. The lowest BCUT2D eigenvalue weighted by molar-refractivity contribution is 0.0970. The molecule has 1 atom stereocenters. The zero-order chi connectivity index (χ0) is 20.8. The fourth-order valence-corrected chi connectivity index (χ4v) is 4.40. The van der Waals surface area contributed by atoms with Gasteiger partial charge in [-0.1, -0.05) is 35.1 Å². The summed E-state index contributed by atoms with van der Waals surface area (Å²) in [5.74, 6) is 0.292. The first-order valence-electron chi connectivity index (χ1n) is 9.48. The summed E-state index contributed by atoms with van der Waals surface area (Å²) >= 11 is 1.23. The molecular formula is C22H17N3O4S. The third-order valence-corrected chi connectivity index (χ3v) is 5.75. The number of amides is 1. The van der Waals surface area contributed by atoms with E-state index in [4.69, 9.17) is 9.15 Å². The Hall–Kier alpha value is -3.52. The van der Waals surface area contributed by atoms with Gasteiger partial charge in [-0.3, -0.25) is 14.5 Å². The zero-order valence-electron chi connectivity index (χ0n) is 16.3. The lowest BCUT2D eigenvalue weighted by Gasteiger charge is -2.22. The Morgan fingerprint density at radius 1 is 1.20 bits per heavy atom. The molecule has 0 fully saturated rings. The van der Waals surface area contributed by atoms with E-state index in [0.29, 0.717) is 34.0 Å². The Balaban J connectivity index is 1.80. The van der Waals surface area contributed by atoms with Gasteiger partial charge < -0.3 is 9.15 Å². The zero-order valence-corrected chi connectivity index (χ0v) is 17.1. The molecule has 2 aromatic carbocycles. The van der Waals surface area contributed by atoms with Gasteiger partial charge in [0.25, 0.3) is 5.91 Å². The van der Waals surface area contributed by atoms with Gasteiger partial charge in [0.15, 0.2) is 5.43 Å². The molecule has 1 aliphatic rings. The highest BCUT2D eigenvalue weighted by Crippen LogP contribution is 2.42. The molecule has 0 aliphatic carbocycles. The number of aromatic nitrogens is 2.